The van der Waals surface area contributed by atoms with E-state index in [0.29, 0.717) is 0 Å². The number of nitrogens with two attached hydrogens (primary N) is 2. The van der Waals surface area contributed by atoms with Crippen LogP contribution in [-0.2, 0) is 36.9 Å². The number of hydrogen-bond donors (Lipinski definition) is 6. The second-order valence-electron chi connectivity index (χ2n) is 10.4. The van der Waals surface area contributed by atoms with E-state index in [-0.39, 0.29) is 34.1 Å². The van der Waals surface area contributed by atoms with Crippen molar-refractivity contribution in [3.8, 4) is 0 Å². The van der Waals surface area contributed by atoms with E-state index < -0.39 is 81.4 Å². The van der Waals surface area contributed by atoms with Gasteiger partial charge in [0.05, 0.1) is 31.9 Å². The lowest BCUT2D eigenvalue weighted by molar-refractivity contribution is -0.0501. The number of nitrogen functional groups attached to an aromatic ring is 2. The molecule has 4 aromatic heterocycles. The number of methoxy groups -OCH3 is 1. The number of alkyl halides is 1. The Labute approximate surface area is 267 Å². The molecule has 2 bridgehead atoms. The van der Waals surface area contributed by atoms with Gasteiger partial charge in [-0.2, -0.15) is 4.98 Å². The first kappa shape index (κ1) is 31.9. The number of nitrogens with zero attached hydrogens (tertiary/aromatic N) is 7. The molecule has 0 amide bonds. The number of hydrogen-bond acceptors (Lipinski definition) is 16. The van der Waals surface area contributed by atoms with Crippen molar-refractivity contribution in [1.29, 1.82) is 0 Å². The smallest absolute Gasteiger partial charge is 0.382 e. The number of halogens is 1. The third-order valence-corrected chi connectivity index (χ3v) is 11.1. The maximum Gasteiger partial charge on any atom is 0.386 e. The molecule has 10 atom stereocenters. The average Bonchev–Trinajstić information content (AvgIpc) is 3.75. The number of anilines is 2. The van der Waals surface area contributed by atoms with Crippen molar-refractivity contribution in [1.82, 2.24) is 44.1 Å². The molecule has 3 saturated heterocycles. The summed E-state index contributed by atoms with van der Waals surface area (Å²) in [5.41, 5.74) is 11.4. The standard InChI is InChI=1S/C21H26FN11O9P2S2/c1-37-13-8-3-38-43(35,45)31-10-7(40-19(9(10)22)32-5-27-11-15(23)25-4-26-16(11)32)2-39-44(36,46)42-14(13)20(41-8)33-6-28-12-17(33)29-21(24)30-18(12)34/h4-10,13-14,19-20H,2-3H2,1H3,(H,36,46)(H2,23,25,26)(H2,31,35,45)(H3,24,29,30,34)/t7?,8?,9?,10?,13?,14?,19?,20?,43-,44-/m0/s1. The zero-order valence-electron chi connectivity index (χ0n) is 23.4. The molecule has 8 unspecified atom stereocenters. The van der Waals surface area contributed by atoms with Crippen LogP contribution in [0.4, 0.5) is 16.2 Å². The second-order valence-corrected chi connectivity index (χ2v) is 16.5. The first-order valence-electron chi connectivity index (χ1n) is 13.4. The second kappa shape index (κ2) is 11.8. The molecule has 20 nitrogen and oxygen atoms in total. The fraction of sp³-hybridized carbons (Fsp3) is 0.524. The van der Waals surface area contributed by atoms with E-state index in [9.17, 15) is 13.9 Å². The van der Waals surface area contributed by atoms with Gasteiger partial charge in [0, 0.05) is 7.11 Å². The number of aromatic amines is 1. The van der Waals surface area contributed by atoms with E-state index in [1.807, 2.05) is 0 Å². The summed E-state index contributed by atoms with van der Waals surface area (Å²) in [4.78, 5) is 35.1. The number of imidazole rings is 2. The number of aromatic nitrogens is 8. The van der Waals surface area contributed by atoms with Crippen molar-refractivity contribution >= 4 is 72.1 Å². The Hall–Kier alpha value is -2.69. The Balaban J connectivity index is 1.22. The largest absolute Gasteiger partial charge is 0.386 e. The minimum absolute atomic E-state index is 0.0233. The summed E-state index contributed by atoms with van der Waals surface area (Å²) in [6, 6.07) is -1.37. The lowest BCUT2D eigenvalue weighted by Crippen LogP contribution is -2.42. The molecule has 3 aliphatic heterocycles. The zero-order chi connectivity index (χ0) is 32.5. The molecule has 25 heteroatoms. The summed E-state index contributed by atoms with van der Waals surface area (Å²) in [6.45, 7) is -9.42. The van der Waals surface area contributed by atoms with Gasteiger partial charge < -0.3 is 30.2 Å². The fourth-order valence-corrected chi connectivity index (χ4v) is 8.80. The van der Waals surface area contributed by atoms with Crippen LogP contribution in [0.15, 0.2) is 23.8 Å². The quantitative estimate of drug-likeness (QED) is 0.126. The average molecular weight is 722 g/mol. The number of thiol groups is 2. The molecule has 248 valence electrons. The molecule has 0 radical (unpaired) electrons. The number of nitrogens with one attached hydrogen (secondary N) is 2. The summed E-state index contributed by atoms with van der Waals surface area (Å²) in [5, 5.41) is 2.59. The summed E-state index contributed by atoms with van der Waals surface area (Å²) in [6.07, 6.45) is -5.32. The number of H-pyrrole nitrogens is 1. The molecular weight excluding hydrogens is 695 g/mol. The topological polar surface area (TPSA) is 261 Å². The summed E-state index contributed by atoms with van der Waals surface area (Å²) in [5.74, 6) is -0.123. The van der Waals surface area contributed by atoms with Crippen molar-refractivity contribution in [3.63, 3.8) is 0 Å². The Morgan fingerprint density at radius 3 is 2.46 bits per heavy atom. The van der Waals surface area contributed by atoms with Gasteiger partial charge in [-0.3, -0.25) is 32.5 Å². The third-order valence-electron chi connectivity index (χ3n) is 7.66. The van der Waals surface area contributed by atoms with Gasteiger partial charge in [-0.25, -0.2) is 34.0 Å². The van der Waals surface area contributed by atoms with Crippen LogP contribution in [0.1, 0.15) is 12.5 Å². The molecule has 7 rings (SSSR count). The predicted molar refractivity (Wildman–Crippen MR) is 163 cm³/mol. The minimum atomic E-state index is -4.32. The van der Waals surface area contributed by atoms with E-state index in [2.05, 4.69) is 59.5 Å². The van der Waals surface area contributed by atoms with E-state index in [4.69, 9.17) is 39.2 Å². The van der Waals surface area contributed by atoms with Crippen molar-refractivity contribution in [2.45, 2.75) is 49.1 Å². The lowest BCUT2D eigenvalue weighted by atomic mass is 10.1. The summed E-state index contributed by atoms with van der Waals surface area (Å²) >= 11 is 8.33. The van der Waals surface area contributed by atoms with E-state index in [0.717, 1.165) is 0 Å². The van der Waals surface area contributed by atoms with Gasteiger partial charge in [0.2, 0.25) is 5.95 Å². The molecule has 0 aliphatic carbocycles. The van der Waals surface area contributed by atoms with E-state index in [1.165, 1.54) is 35.2 Å². The van der Waals surface area contributed by atoms with Gasteiger partial charge in [0.25, 0.3) is 5.56 Å². The van der Waals surface area contributed by atoms with Crippen molar-refractivity contribution in [2.75, 3.05) is 31.8 Å². The fourth-order valence-electron chi connectivity index (χ4n) is 5.64. The highest BCUT2D eigenvalue weighted by Gasteiger charge is 2.53. The number of fused-ring (bicyclic) bond motifs is 5. The van der Waals surface area contributed by atoms with Gasteiger partial charge in [-0.1, -0.05) is 24.5 Å². The Bertz CT molecular complexity index is 1970. The van der Waals surface area contributed by atoms with Crippen LogP contribution in [0.5, 0.6) is 0 Å². The van der Waals surface area contributed by atoms with Crippen molar-refractivity contribution in [2.24, 2.45) is 0 Å². The van der Waals surface area contributed by atoms with Gasteiger partial charge in [-0.05, 0) is 0 Å². The van der Waals surface area contributed by atoms with Crippen molar-refractivity contribution in [3.05, 3.63) is 29.3 Å². The molecule has 0 aromatic carbocycles. The molecule has 46 heavy (non-hydrogen) atoms. The first-order chi connectivity index (χ1) is 21.9. The number of rotatable bonds is 3. The van der Waals surface area contributed by atoms with Crippen LogP contribution in [0, 0.1) is 0 Å². The maximum atomic E-state index is 16.1. The molecule has 6 N–H and O–H groups in total. The van der Waals surface area contributed by atoms with Crippen molar-refractivity contribution < 1.29 is 41.3 Å². The van der Waals surface area contributed by atoms with E-state index >= 15 is 4.39 Å². The first-order valence-corrected chi connectivity index (χ1v) is 18.9. The van der Waals surface area contributed by atoms with Crippen LogP contribution >= 0.6 is 38.0 Å². The lowest BCUT2D eigenvalue weighted by Gasteiger charge is -2.27. The molecule has 7 heterocycles. The third kappa shape index (κ3) is 5.62. The van der Waals surface area contributed by atoms with E-state index in [1.54, 1.807) is 0 Å². The molecule has 3 fully saturated rings. The van der Waals surface area contributed by atoms with Gasteiger partial charge in [0.15, 0.2) is 41.3 Å². The molecule has 0 spiro atoms. The Morgan fingerprint density at radius 1 is 1.00 bits per heavy atom. The molecular formula is C21H26FN11O9P2S2. The minimum Gasteiger partial charge on any atom is -0.382 e. The Morgan fingerprint density at radius 2 is 1.70 bits per heavy atom. The van der Waals surface area contributed by atoms with Gasteiger partial charge >= 0.3 is 13.5 Å². The summed E-state index contributed by atoms with van der Waals surface area (Å²) in [7, 11) is 1.33. The maximum absolute atomic E-state index is 16.1. The van der Waals surface area contributed by atoms with Crippen LogP contribution in [0.2, 0.25) is 0 Å². The monoisotopic (exact) mass is 721 g/mol. The number of ether oxygens (including phenoxy) is 3. The van der Waals surface area contributed by atoms with Gasteiger partial charge in [0.1, 0.15) is 36.3 Å². The SMILES string of the molecule is COC1C2CO[P@](=O)(S)NC3C(CO[P@](=O)(S)OC1C(n1cnc4c(=O)[nH]c(N)nc41)O2)OC(n1cnc2c(N)ncnc21)C3F. The highest BCUT2D eigenvalue weighted by molar-refractivity contribution is 8.45. The normalized spacial score (nSPS) is 37.1. The van der Waals surface area contributed by atoms with Crippen LogP contribution in [0.3, 0.4) is 0 Å². The predicted octanol–water partition coefficient (Wildman–Crippen LogP) is 0.738. The molecule has 3 aliphatic rings. The summed E-state index contributed by atoms with van der Waals surface area (Å²) < 4.78 is 80.9. The van der Waals surface area contributed by atoms with Crippen LogP contribution in [0.25, 0.3) is 22.3 Å². The molecule has 0 saturated carbocycles. The van der Waals surface area contributed by atoms with Gasteiger partial charge in [-0.15, -0.1) is 0 Å². The van der Waals surface area contributed by atoms with Crippen LogP contribution in [-0.4, -0.2) is 96.0 Å². The molecule has 4 aromatic rings. The highest BCUT2D eigenvalue weighted by Crippen LogP contribution is 2.58. The van der Waals surface area contributed by atoms with Crippen LogP contribution < -0.4 is 22.1 Å². The zero-order valence-corrected chi connectivity index (χ0v) is 27.0. The highest BCUT2D eigenvalue weighted by atomic mass is 32.7. The Kier molecular flexibility index (Phi) is 8.16.